The number of urea groups is 1. The van der Waals surface area contributed by atoms with E-state index in [9.17, 15) is 4.79 Å². The van der Waals surface area contributed by atoms with Crippen LogP contribution in [-0.2, 0) is 4.74 Å². The van der Waals surface area contributed by atoms with E-state index in [1.54, 1.807) is 12.4 Å². The summed E-state index contributed by atoms with van der Waals surface area (Å²) < 4.78 is 6.03. The number of carbonyl (C=O) groups excluding carboxylic acids is 1. The minimum Gasteiger partial charge on any atom is -0.381 e. The predicted octanol–water partition coefficient (Wildman–Crippen LogP) is 1.79. The van der Waals surface area contributed by atoms with Gasteiger partial charge < -0.3 is 10.1 Å². The quantitative estimate of drug-likeness (QED) is 0.891. The molecule has 1 aromatic rings. The molecule has 0 unspecified atom stereocenters. The minimum absolute atomic E-state index is 0.274. The van der Waals surface area contributed by atoms with Crippen LogP contribution in [0.3, 0.4) is 0 Å². The lowest BCUT2D eigenvalue weighted by Gasteiger charge is -2.22. The molecule has 6 nitrogen and oxygen atoms in total. The molecule has 0 aromatic carbocycles. The summed E-state index contributed by atoms with van der Waals surface area (Å²) in [7, 11) is 0. The van der Waals surface area contributed by atoms with E-state index in [0.717, 1.165) is 30.5 Å². The molecule has 1 aliphatic rings. The zero-order chi connectivity index (χ0) is 12.8. The summed E-state index contributed by atoms with van der Waals surface area (Å²) >= 11 is 3.23. The molecule has 0 saturated carbocycles. The summed E-state index contributed by atoms with van der Waals surface area (Å²) in [6.45, 7) is 2.22. The summed E-state index contributed by atoms with van der Waals surface area (Å²) in [5.41, 5.74) is 0. The Morgan fingerprint density at radius 2 is 2.06 bits per heavy atom. The second kappa shape index (κ2) is 6.65. The van der Waals surface area contributed by atoms with Gasteiger partial charge in [0.25, 0.3) is 0 Å². The minimum atomic E-state index is -0.274. The van der Waals surface area contributed by atoms with E-state index >= 15 is 0 Å². The largest absolute Gasteiger partial charge is 0.381 e. The molecule has 18 heavy (non-hydrogen) atoms. The second-order valence-corrected chi connectivity index (χ2v) is 5.03. The third-order valence-electron chi connectivity index (χ3n) is 2.74. The van der Waals surface area contributed by atoms with Crippen molar-refractivity contribution >= 4 is 27.9 Å². The number of nitrogens with zero attached hydrogens (tertiary/aromatic N) is 2. The standard InChI is InChI=1S/C11H15BrN4O2/c12-9-6-13-10(14-7-9)16-11(17)15-5-8-1-3-18-4-2-8/h6-8H,1-5H2,(H2,13,14,15,16,17). The molecule has 0 bridgehead atoms. The maximum absolute atomic E-state index is 11.6. The molecule has 0 spiro atoms. The third-order valence-corrected chi connectivity index (χ3v) is 3.15. The van der Waals surface area contributed by atoms with Crippen molar-refractivity contribution in [2.45, 2.75) is 12.8 Å². The summed E-state index contributed by atoms with van der Waals surface area (Å²) in [4.78, 5) is 19.5. The van der Waals surface area contributed by atoms with Crippen LogP contribution in [0.5, 0.6) is 0 Å². The van der Waals surface area contributed by atoms with Gasteiger partial charge in [-0.05, 0) is 34.7 Å². The molecule has 2 N–H and O–H groups in total. The Hall–Kier alpha value is -1.21. The summed E-state index contributed by atoms with van der Waals surface area (Å²) in [6.07, 6.45) is 5.16. The molecule has 98 valence electrons. The maximum Gasteiger partial charge on any atom is 0.321 e. The van der Waals surface area contributed by atoms with Crippen LogP contribution >= 0.6 is 15.9 Å². The fourth-order valence-electron chi connectivity index (χ4n) is 1.71. The highest BCUT2D eigenvalue weighted by molar-refractivity contribution is 9.10. The SMILES string of the molecule is O=C(NCC1CCOCC1)Nc1ncc(Br)cn1. The first kappa shape index (κ1) is 13.2. The molecule has 1 saturated heterocycles. The number of aromatic nitrogens is 2. The zero-order valence-corrected chi connectivity index (χ0v) is 11.4. The molecule has 1 aliphatic heterocycles. The van der Waals surface area contributed by atoms with Gasteiger partial charge in [0.2, 0.25) is 5.95 Å². The molecule has 0 aliphatic carbocycles. The van der Waals surface area contributed by atoms with E-state index in [1.807, 2.05) is 0 Å². The lowest BCUT2D eigenvalue weighted by atomic mass is 10.0. The number of nitrogens with one attached hydrogen (secondary N) is 2. The predicted molar refractivity (Wildman–Crippen MR) is 70.3 cm³/mol. The Morgan fingerprint density at radius 1 is 1.39 bits per heavy atom. The van der Waals surface area contributed by atoms with Gasteiger partial charge >= 0.3 is 6.03 Å². The Morgan fingerprint density at radius 3 is 2.72 bits per heavy atom. The van der Waals surface area contributed by atoms with Crippen molar-refractivity contribution in [3.8, 4) is 0 Å². The molecule has 2 heterocycles. The van der Waals surface area contributed by atoms with Crippen molar-refractivity contribution in [3.05, 3.63) is 16.9 Å². The summed E-state index contributed by atoms with van der Waals surface area (Å²) in [5, 5.41) is 5.40. The number of carbonyl (C=O) groups is 1. The number of ether oxygens (including phenoxy) is 1. The third kappa shape index (κ3) is 4.23. The molecule has 0 radical (unpaired) electrons. The average Bonchev–Trinajstić information content (AvgIpc) is 2.40. The summed E-state index contributed by atoms with van der Waals surface area (Å²) in [6, 6.07) is -0.274. The van der Waals surface area contributed by atoms with E-state index in [-0.39, 0.29) is 6.03 Å². The normalized spacial score (nSPS) is 16.3. The van der Waals surface area contributed by atoms with Crippen LogP contribution in [0.2, 0.25) is 0 Å². The Labute approximate surface area is 114 Å². The second-order valence-electron chi connectivity index (χ2n) is 4.12. The van der Waals surface area contributed by atoms with Crippen LogP contribution in [0.1, 0.15) is 12.8 Å². The number of amides is 2. The van der Waals surface area contributed by atoms with Crippen LogP contribution in [0.15, 0.2) is 16.9 Å². The molecule has 0 atom stereocenters. The van der Waals surface area contributed by atoms with Crippen molar-refractivity contribution in [2.75, 3.05) is 25.1 Å². The number of halogens is 1. The van der Waals surface area contributed by atoms with E-state index < -0.39 is 0 Å². The Bertz CT molecular complexity index is 393. The molecule has 7 heteroatoms. The average molecular weight is 315 g/mol. The monoisotopic (exact) mass is 314 g/mol. The van der Waals surface area contributed by atoms with Gasteiger partial charge in [-0.1, -0.05) is 0 Å². The fraction of sp³-hybridized carbons (Fsp3) is 0.545. The molecule has 1 aromatic heterocycles. The highest BCUT2D eigenvalue weighted by atomic mass is 79.9. The van der Waals surface area contributed by atoms with Crippen molar-refractivity contribution in [3.63, 3.8) is 0 Å². The molecular formula is C11H15BrN4O2. The number of hydrogen-bond acceptors (Lipinski definition) is 4. The number of hydrogen-bond donors (Lipinski definition) is 2. The first-order valence-electron chi connectivity index (χ1n) is 5.84. The lowest BCUT2D eigenvalue weighted by Crippen LogP contribution is -2.35. The van der Waals surface area contributed by atoms with E-state index in [2.05, 4.69) is 36.5 Å². The van der Waals surface area contributed by atoms with E-state index in [1.165, 1.54) is 0 Å². The van der Waals surface area contributed by atoms with Crippen molar-refractivity contribution in [1.29, 1.82) is 0 Å². The van der Waals surface area contributed by atoms with Crippen LogP contribution in [0.4, 0.5) is 10.7 Å². The molecule has 1 fully saturated rings. The van der Waals surface area contributed by atoms with Crippen LogP contribution in [0, 0.1) is 5.92 Å². The zero-order valence-electron chi connectivity index (χ0n) is 9.86. The molecular weight excluding hydrogens is 300 g/mol. The van der Waals surface area contributed by atoms with Gasteiger partial charge in [-0.25, -0.2) is 14.8 Å². The van der Waals surface area contributed by atoms with E-state index in [4.69, 9.17) is 4.74 Å². The van der Waals surface area contributed by atoms with Crippen LogP contribution < -0.4 is 10.6 Å². The topological polar surface area (TPSA) is 76.1 Å². The van der Waals surface area contributed by atoms with Gasteiger partial charge in [-0.3, -0.25) is 5.32 Å². The van der Waals surface area contributed by atoms with Gasteiger partial charge in [0.05, 0.1) is 4.47 Å². The first-order chi connectivity index (χ1) is 8.74. The van der Waals surface area contributed by atoms with Gasteiger partial charge in [0.1, 0.15) is 0 Å². The van der Waals surface area contributed by atoms with Crippen molar-refractivity contribution < 1.29 is 9.53 Å². The highest BCUT2D eigenvalue weighted by Crippen LogP contribution is 2.13. The van der Waals surface area contributed by atoms with Crippen molar-refractivity contribution in [1.82, 2.24) is 15.3 Å². The van der Waals surface area contributed by atoms with Gasteiger partial charge in [-0.15, -0.1) is 0 Å². The molecule has 2 rings (SSSR count). The smallest absolute Gasteiger partial charge is 0.321 e. The molecule has 2 amide bonds. The highest BCUT2D eigenvalue weighted by Gasteiger charge is 2.14. The van der Waals surface area contributed by atoms with Crippen LogP contribution in [-0.4, -0.2) is 35.8 Å². The van der Waals surface area contributed by atoms with Crippen molar-refractivity contribution in [2.24, 2.45) is 5.92 Å². The Kier molecular flexibility index (Phi) is 4.89. The number of rotatable bonds is 3. The number of anilines is 1. The Balaban J connectivity index is 1.73. The maximum atomic E-state index is 11.6. The first-order valence-corrected chi connectivity index (χ1v) is 6.63. The fourth-order valence-corrected chi connectivity index (χ4v) is 1.91. The van der Waals surface area contributed by atoms with Gasteiger partial charge in [0.15, 0.2) is 0 Å². The van der Waals surface area contributed by atoms with Gasteiger partial charge in [-0.2, -0.15) is 0 Å². The summed E-state index contributed by atoms with van der Waals surface area (Å²) in [5.74, 6) is 0.790. The van der Waals surface area contributed by atoms with Crippen LogP contribution in [0.25, 0.3) is 0 Å². The lowest BCUT2D eigenvalue weighted by molar-refractivity contribution is 0.0671. The van der Waals surface area contributed by atoms with Gasteiger partial charge in [0, 0.05) is 32.2 Å². The van der Waals surface area contributed by atoms with E-state index in [0.29, 0.717) is 18.4 Å².